The van der Waals surface area contributed by atoms with E-state index in [1.54, 1.807) is 12.1 Å². The largest absolute Gasteiger partial charge is 0.456 e. The van der Waals surface area contributed by atoms with Crippen LogP contribution in [0.15, 0.2) is 47.1 Å². The predicted molar refractivity (Wildman–Crippen MR) is 56.1 cm³/mol. The number of furan rings is 1. The lowest BCUT2D eigenvalue weighted by molar-refractivity contribution is -0.137. The predicted octanol–water partition coefficient (Wildman–Crippen LogP) is 3.70. The Labute approximate surface area is 95.9 Å². The van der Waals surface area contributed by atoms with E-state index in [9.17, 15) is 13.2 Å². The van der Waals surface area contributed by atoms with E-state index in [1.807, 2.05) is 0 Å². The number of halogens is 3. The molecule has 0 fully saturated rings. The van der Waals surface area contributed by atoms with Gasteiger partial charge in [-0.3, -0.25) is 0 Å². The lowest BCUT2D eigenvalue weighted by Crippen LogP contribution is -2.04. The van der Waals surface area contributed by atoms with Gasteiger partial charge in [0.05, 0.1) is 11.8 Å². The molecule has 1 heterocycles. The van der Waals surface area contributed by atoms with Crippen molar-refractivity contribution in [3.8, 4) is 11.8 Å². The molecule has 0 N–H and O–H groups in total. The zero-order valence-corrected chi connectivity index (χ0v) is 8.58. The first kappa shape index (κ1) is 11.3. The van der Waals surface area contributed by atoms with E-state index in [0.717, 1.165) is 12.1 Å². The second-order valence-electron chi connectivity index (χ2n) is 3.30. The minimum Gasteiger partial charge on any atom is -0.456 e. The molecule has 0 atom stereocenters. The van der Waals surface area contributed by atoms with Crippen molar-refractivity contribution in [2.24, 2.45) is 0 Å². The summed E-state index contributed by atoms with van der Waals surface area (Å²) in [6.07, 6.45) is -2.83. The van der Waals surface area contributed by atoms with Gasteiger partial charge in [0.15, 0.2) is 5.76 Å². The summed E-state index contributed by atoms with van der Waals surface area (Å²) in [5.74, 6) is 5.89. The molecule has 1 aromatic heterocycles. The van der Waals surface area contributed by atoms with E-state index in [0.29, 0.717) is 11.3 Å². The van der Waals surface area contributed by atoms with Gasteiger partial charge < -0.3 is 4.42 Å². The van der Waals surface area contributed by atoms with Crippen LogP contribution in [0.1, 0.15) is 16.9 Å². The fourth-order valence-corrected chi connectivity index (χ4v) is 1.23. The fraction of sp³-hybridized carbons (Fsp3) is 0.0769. The Morgan fingerprint density at radius 1 is 0.941 bits per heavy atom. The highest BCUT2D eigenvalue weighted by molar-refractivity contribution is 5.40. The summed E-state index contributed by atoms with van der Waals surface area (Å²) in [6, 6.07) is 8.05. The number of benzene rings is 1. The third-order valence-electron chi connectivity index (χ3n) is 2.06. The van der Waals surface area contributed by atoms with Crippen molar-refractivity contribution >= 4 is 0 Å². The average molecular weight is 236 g/mol. The monoisotopic (exact) mass is 236 g/mol. The van der Waals surface area contributed by atoms with Crippen LogP contribution in [0.4, 0.5) is 13.2 Å². The molecule has 86 valence electrons. The highest BCUT2D eigenvalue weighted by Gasteiger charge is 2.29. The Hall–Kier alpha value is -2.15. The molecule has 0 aliphatic heterocycles. The molecule has 2 rings (SSSR count). The Bertz CT molecular complexity index is 539. The van der Waals surface area contributed by atoms with Gasteiger partial charge in [0, 0.05) is 5.56 Å². The van der Waals surface area contributed by atoms with Crippen LogP contribution in [0.2, 0.25) is 0 Å². The minimum absolute atomic E-state index is 0.477. The molecule has 2 aromatic rings. The van der Waals surface area contributed by atoms with Crippen LogP contribution in [0, 0.1) is 11.8 Å². The van der Waals surface area contributed by atoms with Crippen LogP contribution in [-0.4, -0.2) is 0 Å². The van der Waals surface area contributed by atoms with Crippen LogP contribution in [0.3, 0.4) is 0 Å². The van der Waals surface area contributed by atoms with E-state index in [4.69, 9.17) is 4.42 Å². The molecular formula is C13H7F3O. The van der Waals surface area contributed by atoms with Gasteiger partial charge in [-0.2, -0.15) is 13.2 Å². The first-order valence-electron chi connectivity index (χ1n) is 4.78. The third-order valence-corrected chi connectivity index (χ3v) is 2.06. The van der Waals surface area contributed by atoms with E-state index in [2.05, 4.69) is 11.8 Å². The van der Waals surface area contributed by atoms with Crippen molar-refractivity contribution < 1.29 is 17.6 Å². The van der Waals surface area contributed by atoms with Gasteiger partial charge in [-0.1, -0.05) is 5.92 Å². The summed E-state index contributed by atoms with van der Waals surface area (Å²) in [5.41, 5.74) is -0.171. The van der Waals surface area contributed by atoms with Gasteiger partial charge in [-0.15, -0.1) is 0 Å². The number of rotatable bonds is 0. The Morgan fingerprint density at radius 2 is 1.65 bits per heavy atom. The fourth-order valence-electron chi connectivity index (χ4n) is 1.23. The number of hydrogen-bond donors (Lipinski definition) is 0. The van der Waals surface area contributed by atoms with Crippen molar-refractivity contribution in [1.82, 2.24) is 0 Å². The molecule has 0 saturated heterocycles. The second kappa shape index (κ2) is 4.38. The lowest BCUT2D eigenvalue weighted by atomic mass is 10.1. The average Bonchev–Trinajstić information content (AvgIpc) is 2.78. The maximum atomic E-state index is 12.3. The summed E-state index contributed by atoms with van der Waals surface area (Å²) >= 11 is 0. The molecule has 0 aliphatic rings. The molecule has 1 aromatic carbocycles. The van der Waals surface area contributed by atoms with Gasteiger partial charge in [0.25, 0.3) is 0 Å². The molecule has 4 heteroatoms. The molecule has 0 amide bonds. The van der Waals surface area contributed by atoms with Crippen molar-refractivity contribution in [1.29, 1.82) is 0 Å². The Kier molecular flexibility index (Phi) is 2.92. The Balaban J connectivity index is 2.19. The van der Waals surface area contributed by atoms with E-state index >= 15 is 0 Å². The first-order chi connectivity index (χ1) is 8.05. The van der Waals surface area contributed by atoms with Crippen molar-refractivity contribution in [3.63, 3.8) is 0 Å². The highest BCUT2D eigenvalue weighted by Crippen LogP contribution is 2.28. The van der Waals surface area contributed by atoms with E-state index in [1.165, 1.54) is 18.4 Å². The molecular weight excluding hydrogens is 229 g/mol. The van der Waals surface area contributed by atoms with Crippen LogP contribution in [0.25, 0.3) is 0 Å². The van der Waals surface area contributed by atoms with Gasteiger partial charge in [-0.25, -0.2) is 0 Å². The topological polar surface area (TPSA) is 13.1 Å². The molecule has 0 radical (unpaired) electrons. The van der Waals surface area contributed by atoms with Crippen molar-refractivity contribution in [3.05, 3.63) is 59.5 Å². The first-order valence-corrected chi connectivity index (χ1v) is 4.78. The lowest BCUT2D eigenvalue weighted by Gasteiger charge is -2.05. The molecule has 17 heavy (non-hydrogen) atoms. The molecule has 0 aliphatic carbocycles. The molecule has 1 nitrogen and oxygen atoms in total. The molecule has 0 spiro atoms. The zero-order chi connectivity index (χ0) is 12.3. The summed E-state index contributed by atoms with van der Waals surface area (Å²) < 4.78 is 41.8. The molecule has 0 unspecified atom stereocenters. The van der Waals surface area contributed by atoms with Crippen LogP contribution >= 0.6 is 0 Å². The van der Waals surface area contributed by atoms with Crippen LogP contribution in [0.5, 0.6) is 0 Å². The van der Waals surface area contributed by atoms with Crippen molar-refractivity contribution in [2.45, 2.75) is 6.18 Å². The van der Waals surface area contributed by atoms with Gasteiger partial charge in [-0.05, 0) is 42.3 Å². The van der Waals surface area contributed by atoms with Crippen LogP contribution < -0.4 is 0 Å². The molecule has 0 bridgehead atoms. The standard InChI is InChI=1S/C13H7F3O/c14-13(15,16)11-6-3-10(4-7-11)5-8-12-2-1-9-17-12/h1-4,6-7,9H. The third kappa shape index (κ3) is 2.91. The highest BCUT2D eigenvalue weighted by atomic mass is 19.4. The summed E-state index contributed by atoms with van der Waals surface area (Å²) in [6.45, 7) is 0. The van der Waals surface area contributed by atoms with E-state index in [-0.39, 0.29) is 0 Å². The maximum Gasteiger partial charge on any atom is 0.416 e. The second-order valence-corrected chi connectivity index (χ2v) is 3.30. The molecule has 0 saturated carbocycles. The van der Waals surface area contributed by atoms with E-state index < -0.39 is 11.7 Å². The van der Waals surface area contributed by atoms with Gasteiger partial charge >= 0.3 is 6.18 Å². The number of alkyl halides is 3. The Morgan fingerprint density at radius 3 is 2.18 bits per heavy atom. The van der Waals surface area contributed by atoms with Crippen molar-refractivity contribution in [2.75, 3.05) is 0 Å². The number of hydrogen-bond acceptors (Lipinski definition) is 1. The zero-order valence-electron chi connectivity index (χ0n) is 8.58. The summed E-state index contributed by atoms with van der Waals surface area (Å²) in [7, 11) is 0. The smallest absolute Gasteiger partial charge is 0.416 e. The SMILES string of the molecule is FC(F)(F)c1ccc(C#Cc2ccco2)cc1. The van der Waals surface area contributed by atoms with Gasteiger partial charge in [0.2, 0.25) is 0 Å². The maximum absolute atomic E-state index is 12.3. The minimum atomic E-state index is -4.31. The van der Waals surface area contributed by atoms with Crippen LogP contribution in [-0.2, 0) is 6.18 Å². The quantitative estimate of drug-likeness (QED) is 0.636. The van der Waals surface area contributed by atoms with Gasteiger partial charge in [0.1, 0.15) is 0 Å². The normalized spacial score (nSPS) is 10.8. The summed E-state index contributed by atoms with van der Waals surface area (Å²) in [4.78, 5) is 0. The summed E-state index contributed by atoms with van der Waals surface area (Å²) in [5, 5.41) is 0.